The van der Waals surface area contributed by atoms with E-state index in [2.05, 4.69) is 69.4 Å². The molecule has 1 heterocycles. The van der Waals surface area contributed by atoms with Gasteiger partial charge in [-0.25, -0.2) is 0 Å². The first kappa shape index (κ1) is 21.4. The number of nitrogens with one attached hydrogen (secondary N) is 1. The molecule has 0 amide bonds. The van der Waals surface area contributed by atoms with Crippen LogP contribution in [0.15, 0.2) is 48.5 Å². The lowest BCUT2D eigenvalue weighted by molar-refractivity contribution is -0.0470. The Hall–Kier alpha value is -1.35. The SMILES string of the molecule is Cc1ccc(C2(CCNC(C)c3ccc(Cl)cc3)CCOC(C(C)C)C2)cc1. The second-order valence-corrected chi connectivity index (χ2v) is 9.17. The van der Waals surface area contributed by atoms with Gasteiger partial charge in [-0.15, -0.1) is 0 Å². The van der Waals surface area contributed by atoms with Gasteiger partial charge in [-0.3, -0.25) is 0 Å². The Morgan fingerprint density at radius 2 is 1.75 bits per heavy atom. The minimum absolute atomic E-state index is 0.188. The summed E-state index contributed by atoms with van der Waals surface area (Å²) in [5, 5.41) is 4.52. The van der Waals surface area contributed by atoms with E-state index in [0.717, 1.165) is 37.4 Å². The molecule has 3 unspecified atom stereocenters. The van der Waals surface area contributed by atoms with Gasteiger partial charge >= 0.3 is 0 Å². The quantitative estimate of drug-likeness (QED) is 0.576. The molecule has 1 aliphatic heterocycles. The van der Waals surface area contributed by atoms with Crippen molar-refractivity contribution in [3.05, 3.63) is 70.2 Å². The standard InChI is InChI=1S/C25H34ClNO/c1-18(2)24-17-25(14-16-28-24,22-9-5-19(3)6-10-22)13-15-27-20(4)21-7-11-23(26)12-8-21/h5-12,18,20,24,27H,13-17H2,1-4H3. The van der Waals surface area contributed by atoms with E-state index in [0.29, 0.717) is 18.1 Å². The lowest BCUT2D eigenvalue weighted by atomic mass is 9.68. The minimum Gasteiger partial charge on any atom is -0.378 e. The number of rotatable bonds is 7. The van der Waals surface area contributed by atoms with Gasteiger partial charge in [-0.05, 0) is 68.8 Å². The molecule has 0 saturated carbocycles. The third kappa shape index (κ3) is 5.17. The number of hydrogen-bond donors (Lipinski definition) is 1. The second-order valence-electron chi connectivity index (χ2n) is 8.73. The maximum absolute atomic E-state index is 6.11. The summed E-state index contributed by atoms with van der Waals surface area (Å²) in [7, 11) is 0. The van der Waals surface area contributed by atoms with Crippen LogP contribution >= 0.6 is 11.6 Å². The summed E-state index contributed by atoms with van der Waals surface area (Å²) in [6.45, 7) is 10.8. The highest BCUT2D eigenvalue weighted by atomic mass is 35.5. The Morgan fingerprint density at radius 3 is 2.39 bits per heavy atom. The lowest BCUT2D eigenvalue weighted by Gasteiger charge is -2.43. The normalized spacial score (nSPS) is 23.7. The van der Waals surface area contributed by atoms with E-state index >= 15 is 0 Å². The fourth-order valence-electron chi connectivity index (χ4n) is 4.32. The third-order valence-electron chi connectivity index (χ3n) is 6.34. The van der Waals surface area contributed by atoms with E-state index in [4.69, 9.17) is 16.3 Å². The summed E-state index contributed by atoms with van der Waals surface area (Å²) in [6, 6.07) is 17.6. The van der Waals surface area contributed by atoms with E-state index in [-0.39, 0.29) is 5.41 Å². The average molecular weight is 400 g/mol. The maximum Gasteiger partial charge on any atom is 0.0606 e. The van der Waals surface area contributed by atoms with Crippen LogP contribution in [-0.4, -0.2) is 19.3 Å². The van der Waals surface area contributed by atoms with Crippen LogP contribution in [0.4, 0.5) is 0 Å². The molecule has 1 N–H and O–H groups in total. The molecule has 28 heavy (non-hydrogen) atoms. The van der Waals surface area contributed by atoms with Gasteiger partial charge in [-0.2, -0.15) is 0 Å². The number of halogens is 1. The van der Waals surface area contributed by atoms with Crippen molar-refractivity contribution in [3.8, 4) is 0 Å². The molecular weight excluding hydrogens is 366 g/mol. The monoisotopic (exact) mass is 399 g/mol. The van der Waals surface area contributed by atoms with Crippen molar-refractivity contribution in [2.24, 2.45) is 5.92 Å². The topological polar surface area (TPSA) is 21.3 Å². The van der Waals surface area contributed by atoms with Crippen molar-refractivity contribution < 1.29 is 4.74 Å². The molecule has 0 radical (unpaired) electrons. The highest BCUT2D eigenvalue weighted by Crippen LogP contribution is 2.41. The summed E-state index contributed by atoms with van der Waals surface area (Å²) >= 11 is 6.03. The van der Waals surface area contributed by atoms with Crippen LogP contribution in [0, 0.1) is 12.8 Å². The minimum atomic E-state index is 0.188. The van der Waals surface area contributed by atoms with Crippen molar-refractivity contribution in [2.75, 3.05) is 13.2 Å². The van der Waals surface area contributed by atoms with Crippen LogP contribution in [0.25, 0.3) is 0 Å². The largest absolute Gasteiger partial charge is 0.378 e. The highest BCUT2D eigenvalue weighted by molar-refractivity contribution is 6.30. The number of hydrogen-bond acceptors (Lipinski definition) is 2. The van der Waals surface area contributed by atoms with Gasteiger partial charge in [0.1, 0.15) is 0 Å². The molecule has 1 saturated heterocycles. The smallest absolute Gasteiger partial charge is 0.0606 e. The Bertz CT molecular complexity index is 740. The van der Waals surface area contributed by atoms with Gasteiger partial charge in [0.15, 0.2) is 0 Å². The van der Waals surface area contributed by atoms with E-state index in [1.54, 1.807) is 0 Å². The maximum atomic E-state index is 6.11. The van der Waals surface area contributed by atoms with Crippen molar-refractivity contribution in [3.63, 3.8) is 0 Å². The summed E-state index contributed by atoms with van der Waals surface area (Å²) in [5.74, 6) is 0.547. The van der Waals surface area contributed by atoms with Crippen LogP contribution in [-0.2, 0) is 10.2 Å². The molecule has 2 nitrogen and oxygen atoms in total. The zero-order chi connectivity index (χ0) is 20.1. The molecule has 152 valence electrons. The van der Waals surface area contributed by atoms with Gasteiger partial charge in [0.25, 0.3) is 0 Å². The average Bonchev–Trinajstić information content (AvgIpc) is 2.69. The van der Waals surface area contributed by atoms with Crippen molar-refractivity contribution in [1.29, 1.82) is 0 Å². The first-order valence-corrected chi connectivity index (χ1v) is 10.9. The number of ether oxygens (including phenoxy) is 1. The summed E-state index contributed by atoms with van der Waals surface area (Å²) in [6.07, 6.45) is 3.66. The Kier molecular flexibility index (Phi) is 7.20. The fourth-order valence-corrected chi connectivity index (χ4v) is 4.44. The van der Waals surface area contributed by atoms with Crippen molar-refractivity contribution in [1.82, 2.24) is 5.32 Å². The van der Waals surface area contributed by atoms with Crippen LogP contribution < -0.4 is 5.32 Å². The molecular formula is C25H34ClNO. The molecule has 0 aromatic heterocycles. The van der Waals surface area contributed by atoms with Crippen LogP contribution in [0.2, 0.25) is 5.02 Å². The van der Waals surface area contributed by atoms with Gasteiger partial charge in [-0.1, -0.05) is 67.4 Å². The van der Waals surface area contributed by atoms with E-state index < -0.39 is 0 Å². The summed E-state index contributed by atoms with van der Waals surface area (Å²) < 4.78 is 6.11. The molecule has 0 aliphatic carbocycles. The molecule has 2 aromatic rings. The van der Waals surface area contributed by atoms with Crippen LogP contribution in [0.1, 0.15) is 62.8 Å². The first-order chi connectivity index (χ1) is 13.4. The summed E-state index contributed by atoms with van der Waals surface area (Å²) in [4.78, 5) is 0. The lowest BCUT2D eigenvalue weighted by Crippen LogP contribution is -2.42. The third-order valence-corrected chi connectivity index (χ3v) is 6.59. The predicted molar refractivity (Wildman–Crippen MR) is 119 cm³/mol. The van der Waals surface area contributed by atoms with Gasteiger partial charge in [0, 0.05) is 23.1 Å². The van der Waals surface area contributed by atoms with E-state index in [1.165, 1.54) is 16.7 Å². The predicted octanol–water partition coefficient (Wildman–Crippen LogP) is 6.46. The van der Waals surface area contributed by atoms with Crippen molar-refractivity contribution in [2.45, 2.75) is 64.5 Å². The Labute approximate surface area is 175 Å². The van der Waals surface area contributed by atoms with Gasteiger partial charge in [0.2, 0.25) is 0 Å². The van der Waals surface area contributed by atoms with Crippen molar-refractivity contribution >= 4 is 11.6 Å². The Balaban J connectivity index is 1.72. The summed E-state index contributed by atoms with van der Waals surface area (Å²) in [5.41, 5.74) is 4.25. The molecule has 3 atom stereocenters. The number of benzene rings is 2. The zero-order valence-electron chi connectivity index (χ0n) is 17.7. The zero-order valence-corrected chi connectivity index (χ0v) is 18.4. The van der Waals surface area contributed by atoms with E-state index in [1.807, 2.05) is 12.1 Å². The molecule has 2 aromatic carbocycles. The highest BCUT2D eigenvalue weighted by Gasteiger charge is 2.39. The molecule has 3 heteroatoms. The van der Waals surface area contributed by atoms with E-state index in [9.17, 15) is 0 Å². The first-order valence-electron chi connectivity index (χ1n) is 10.6. The van der Waals surface area contributed by atoms with Crippen LogP contribution in [0.5, 0.6) is 0 Å². The van der Waals surface area contributed by atoms with Gasteiger partial charge in [0.05, 0.1) is 6.10 Å². The molecule has 1 aliphatic rings. The Morgan fingerprint density at radius 1 is 1.07 bits per heavy atom. The van der Waals surface area contributed by atoms with Crippen LogP contribution in [0.3, 0.4) is 0 Å². The molecule has 3 rings (SSSR count). The molecule has 1 fully saturated rings. The second kappa shape index (κ2) is 9.43. The molecule has 0 bridgehead atoms. The number of aryl methyl sites for hydroxylation is 1. The van der Waals surface area contributed by atoms with Gasteiger partial charge < -0.3 is 10.1 Å². The molecule has 0 spiro atoms. The fraction of sp³-hybridized carbons (Fsp3) is 0.520.